The third kappa shape index (κ3) is 1.62. The molecule has 4 nitrogen and oxygen atoms in total. The average Bonchev–Trinajstić information content (AvgIpc) is 3.35. The third-order valence-electron chi connectivity index (χ3n) is 7.08. The van der Waals surface area contributed by atoms with Gasteiger partial charge in [0.2, 0.25) is 0 Å². The van der Waals surface area contributed by atoms with Gasteiger partial charge in [0.15, 0.2) is 11.7 Å². The smallest absolute Gasteiger partial charge is 0.317 e. The van der Waals surface area contributed by atoms with Crippen LogP contribution in [0.25, 0.3) is 0 Å². The number of ether oxygens (including phenoxy) is 2. The molecule has 25 heavy (non-hydrogen) atoms. The minimum absolute atomic E-state index is 0.238. The van der Waals surface area contributed by atoms with Crippen LogP contribution in [0.4, 0.5) is 4.39 Å². The quantitative estimate of drug-likeness (QED) is 0.730. The first kappa shape index (κ1) is 15.4. The zero-order valence-electron chi connectivity index (χ0n) is 14.1. The molecule has 0 N–H and O–H groups in total. The Morgan fingerprint density at radius 2 is 1.48 bits per heavy atom. The van der Waals surface area contributed by atoms with E-state index in [1.165, 1.54) is 12.1 Å². The van der Waals surface area contributed by atoms with Crippen LogP contribution >= 0.6 is 0 Å². The monoisotopic (exact) mass is 344 g/mol. The predicted molar refractivity (Wildman–Crippen MR) is 85.9 cm³/mol. The van der Waals surface area contributed by atoms with Crippen molar-refractivity contribution in [3.63, 3.8) is 0 Å². The molecule has 2 unspecified atom stereocenters. The lowest BCUT2D eigenvalue weighted by Gasteiger charge is -2.38. The maximum absolute atomic E-state index is 13.5. The summed E-state index contributed by atoms with van der Waals surface area (Å²) in [6.07, 6.45) is 5.82. The summed E-state index contributed by atoms with van der Waals surface area (Å²) in [5.41, 5.74) is -1.95. The van der Waals surface area contributed by atoms with Gasteiger partial charge in [-0.1, -0.05) is 37.8 Å². The summed E-state index contributed by atoms with van der Waals surface area (Å²) >= 11 is 0. The van der Waals surface area contributed by atoms with Crippen molar-refractivity contribution in [1.29, 1.82) is 0 Å². The van der Waals surface area contributed by atoms with Crippen LogP contribution in [0.2, 0.25) is 0 Å². The maximum Gasteiger partial charge on any atom is 0.317 e. The summed E-state index contributed by atoms with van der Waals surface area (Å²) < 4.78 is 25.6. The highest BCUT2D eigenvalue weighted by Crippen LogP contribution is 2.69. The molecule has 2 saturated heterocycles. The van der Waals surface area contributed by atoms with E-state index < -0.39 is 22.5 Å². The number of rotatable bonds is 1. The van der Waals surface area contributed by atoms with Crippen molar-refractivity contribution in [3.05, 3.63) is 35.6 Å². The SMILES string of the molecule is O=C1OC2(c3ccc(F)cc3)C(OC(=O)C23CCCC3)C12CCCC2. The highest BCUT2D eigenvalue weighted by Gasteiger charge is 2.81. The largest absolute Gasteiger partial charge is 0.456 e. The molecule has 1 aromatic carbocycles. The summed E-state index contributed by atoms with van der Waals surface area (Å²) in [7, 11) is 0. The lowest BCUT2D eigenvalue weighted by molar-refractivity contribution is -0.169. The van der Waals surface area contributed by atoms with Crippen molar-refractivity contribution in [2.45, 2.75) is 63.1 Å². The normalized spacial score (nSPS) is 34.5. The summed E-state index contributed by atoms with van der Waals surface area (Å²) in [5, 5.41) is 0. The first-order valence-corrected chi connectivity index (χ1v) is 9.26. The van der Waals surface area contributed by atoms with Crippen molar-refractivity contribution >= 4 is 11.9 Å². The van der Waals surface area contributed by atoms with Crippen molar-refractivity contribution < 1.29 is 23.5 Å². The van der Waals surface area contributed by atoms with Gasteiger partial charge in [0, 0.05) is 5.56 Å². The summed E-state index contributed by atoms with van der Waals surface area (Å²) in [4.78, 5) is 26.0. The predicted octanol–water partition coefficient (Wildman–Crippen LogP) is 3.62. The van der Waals surface area contributed by atoms with E-state index in [2.05, 4.69) is 0 Å². The highest BCUT2D eigenvalue weighted by molar-refractivity contribution is 5.90. The van der Waals surface area contributed by atoms with Crippen LogP contribution in [0.3, 0.4) is 0 Å². The van der Waals surface area contributed by atoms with Crippen molar-refractivity contribution in [1.82, 2.24) is 0 Å². The van der Waals surface area contributed by atoms with Crippen LogP contribution in [-0.4, -0.2) is 18.0 Å². The fourth-order valence-corrected chi connectivity index (χ4v) is 5.92. The van der Waals surface area contributed by atoms with E-state index in [0.717, 1.165) is 25.7 Å². The molecule has 5 rings (SSSR count). The molecule has 0 radical (unpaired) electrons. The van der Waals surface area contributed by atoms with E-state index in [4.69, 9.17) is 9.47 Å². The molecule has 0 aromatic heterocycles. The molecule has 2 saturated carbocycles. The van der Waals surface area contributed by atoms with Gasteiger partial charge in [-0.25, -0.2) is 4.39 Å². The number of carbonyl (C=O) groups excluding carboxylic acids is 2. The van der Waals surface area contributed by atoms with Gasteiger partial charge in [0.05, 0.1) is 0 Å². The number of fused-ring (bicyclic) bond motifs is 3. The molecule has 1 aromatic rings. The Bertz CT molecular complexity index is 741. The summed E-state index contributed by atoms with van der Waals surface area (Å²) in [6, 6.07) is 6.07. The summed E-state index contributed by atoms with van der Waals surface area (Å²) in [6.45, 7) is 0. The molecule has 2 heterocycles. The molecule has 4 aliphatic rings. The molecular formula is C20H21FO4. The Morgan fingerprint density at radius 3 is 2.12 bits per heavy atom. The van der Waals surface area contributed by atoms with Gasteiger partial charge >= 0.3 is 11.9 Å². The van der Waals surface area contributed by atoms with Gasteiger partial charge in [0.25, 0.3) is 0 Å². The Kier molecular flexibility index (Phi) is 2.97. The van der Waals surface area contributed by atoms with Crippen molar-refractivity contribution in [3.8, 4) is 0 Å². The highest BCUT2D eigenvalue weighted by atomic mass is 19.1. The van der Waals surface area contributed by atoms with E-state index in [0.29, 0.717) is 31.2 Å². The lowest BCUT2D eigenvalue weighted by Crippen LogP contribution is -2.49. The van der Waals surface area contributed by atoms with E-state index in [9.17, 15) is 14.0 Å². The molecule has 132 valence electrons. The standard InChI is InChI=1S/C20H21FO4/c21-14-7-5-13(6-8-14)20-15(18(16(22)25-20)9-1-2-10-18)24-17(23)19(20)11-3-4-12-19/h5-8,15H,1-4,9-12H2. The number of halogens is 1. The van der Waals surface area contributed by atoms with Crippen molar-refractivity contribution in [2.75, 3.05) is 0 Å². The fraction of sp³-hybridized carbons (Fsp3) is 0.600. The molecule has 4 fully saturated rings. The minimum Gasteiger partial charge on any atom is -0.456 e. The zero-order valence-corrected chi connectivity index (χ0v) is 14.1. The van der Waals surface area contributed by atoms with Crippen LogP contribution in [0.1, 0.15) is 56.9 Å². The van der Waals surface area contributed by atoms with Crippen molar-refractivity contribution in [2.24, 2.45) is 10.8 Å². The average molecular weight is 344 g/mol. The second-order valence-electron chi connectivity index (χ2n) is 8.07. The zero-order chi connectivity index (χ0) is 17.3. The van der Waals surface area contributed by atoms with Gasteiger partial charge in [0.1, 0.15) is 16.6 Å². The summed E-state index contributed by atoms with van der Waals surface area (Å²) in [5.74, 6) is -0.821. The van der Waals surface area contributed by atoms with Gasteiger partial charge in [-0.15, -0.1) is 0 Å². The van der Waals surface area contributed by atoms with Crippen LogP contribution in [0.15, 0.2) is 24.3 Å². The molecule has 2 atom stereocenters. The molecule has 0 bridgehead atoms. The first-order valence-electron chi connectivity index (χ1n) is 9.26. The van der Waals surface area contributed by atoms with E-state index in [1.807, 2.05) is 0 Å². The first-order chi connectivity index (χ1) is 12.1. The van der Waals surface area contributed by atoms with Gasteiger partial charge in [-0.05, 0) is 37.8 Å². The number of benzene rings is 1. The second kappa shape index (κ2) is 4.83. The van der Waals surface area contributed by atoms with E-state index in [1.54, 1.807) is 12.1 Å². The third-order valence-corrected chi connectivity index (χ3v) is 7.08. The minimum atomic E-state index is -1.10. The van der Waals surface area contributed by atoms with Gasteiger partial charge < -0.3 is 9.47 Å². The molecule has 0 amide bonds. The van der Waals surface area contributed by atoms with Crippen LogP contribution < -0.4 is 0 Å². The Balaban J connectivity index is 1.75. The fourth-order valence-electron chi connectivity index (χ4n) is 5.92. The number of esters is 2. The van der Waals surface area contributed by atoms with E-state index >= 15 is 0 Å². The van der Waals surface area contributed by atoms with Gasteiger partial charge in [-0.2, -0.15) is 0 Å². The van der Waals surface area contributed by atoms with E-state index in [-0.39, 0.29) is 17.8 Å². The second-order valence-corrected chi connectivity index (χ2v) is 8.07. The van der Waals surface area contributed by atoms with Crippen LogP contribution in [-0.2, 0) is 24.7 Å². The molecule has 2 aliphatic heterocycles. The van der Waals surface area contributed by atoms with Crippen LogP contribution in [0.5, 0.6) is 0 Å². The number of hydrogen-bond acceptors (Lipinski definition) is 4. The molecular weight excluding hydrogens is 323 g/mol. The number of carbonyl (C=O) groups is 2. The Hall–Kier alpha value is -1.91. The number of hydrogen-bond donors (Lipinski definition) is 0. The molecule has 5 heteroatoms. The van der Waals surface area contributed by atoms with Crippen LogP contribution in [0, 0.1) is 16.6 Å². The molecule has 2 spiro atoms. The lowest BCUT2D eigenvalue weighted by atomic mass is 9.62. The maximum atomic E-state index is 13.5. The Labute approximate surface area is 145 Å². The topological polar surface area (TPSA) is 52.6 Å². The van der Waals surface area contributed by atoms with Gasteiger partial charge in [-0.3, -0.25) is 9.59 Å². The molecule has 2 aliphatic carbocycles. The Morgan fingerprint density at radius 1 is 0.880 bits per heavy atom.